The molecule has 3 rings (SSSR count). The maximum atomic E-state index is 12.4. The molecule has 1 atom stereocenters. The molecule has 0 radical (unpaired) electrons. The number of ether oxygens (including phenoxy) is 1. The van der Waals surface area contributed by atoms with Crippen molar-refractivity contribution in [2.45, 2.75) is 32.5 Å². The highest BCUT2D eigenvalue weighted by atomic mass is 32.1. The number of carbonyl (C=O) groups is 1. The van der Waals surface area contributed by atoms with Gasteiger partial charge in [0.05, 0.1) is 5.56 Å². The van der Waals surface area contributed by atoms with E-state index in [0.717, 1.165) is 24.8 Å². The van der Waals surface area contributed by atoms with E-state index in [9.17, 15) is 18.0 Å². The largest absolute Gasteiger partial charge is 0.573 e. The van der Waals surface area contributed by atoms with Crippen molar-refractivity contribution in [2.24, 2.45) is 5.92 Å². The van der Waals surface area contributed by atoms with Gasteiger partial charge in [-0.25, -0.2) is 0 Å². The second kappa shape index (κ2) is 6.47. The van der Waals surface area contributed by atoms with Crippen molar-refractivity contribution in [3.63, 3.8) is 0 Å². The van der Waals surface area contributed by atoms with E-state index >= 15 is 0 Å². The highest BCUT2D eigenvalue weighted by Crippen LogP contribution is 2.33. The zero-order chi connectivity index (χ0) is 17.3. The summed E-state index contributed by atoms with van der Waals surface area (Å²) in [6.07, 6.45) is -1.77. The van der Waals surface area contributed by atoms with Gasteiger partial charge in [0.2, 0.25) is 0 Å². The zero-order valence-corrected chi connectivity index (χ0v) is 13.8. The van der Waals surface area contributed by atoms with E-state index in [1.54, 1.807) is 11.3 Å². The molecule has 1 amide bonds. The van der Waals surface area contributed by atoms with Crippen LogP contribution in [0, 0.1) is 5.92 Å². The van der Waals surface area contributed by atoms with Crippen LogP contribution in [-0.4, -0.2) is 12.3 Å². The van der Waals surface area contributed by atoms with Crippen molar-refractivity contribution < 1.29 is 22.7 Å². The number of hydrogen-bond acceptors (Lipinski definition) is 3. The van der Waals surface area contributed by atoms with Gasteiger partial charge in [0.15, 0.2) is 0 Å². The van der Waals surface area contributed by atoms with Crippen LogP contribution in [0.25, 0.3) is 0 Å². The third-order valence-corrected chi connectivity index (χ3v) is 5.04. The molecule has 1 heterocycles. The van der Waals surface area contributed by atoms with E-state index in [1.807, 2.05) is 5.38 Å². The summed E-state index contributed by atoms with van der Waals surface area (Å²) in [6, 6.07) is 5.13. The van der Waals surface area contributed by atoms with Crippen LogP contribution in [0.4, 0.5) is 18.9 Å². The molecule has 1 aliphatic carbocycles. The monoisotopic (exact) mass is 355 g/mol. The van der Waals surface area contributed by atoms with E-state index < -0.39 is 6.36 Å². The number of amides is 1. The summed E-state index contributed by atoms with van der Waals surface area (Å²) in [5, 5.41) is 4.59. The number of alkyl halides is 3. The summed E-state index contributed by atoms with van der Waals surface area (Å²) >= 11 is 1.60. The number of rotatable bonds is 3. The van der Waals surface area contributed by atoms with Gasteiger partial charge in [0, 0.05) is 15.9 Å². The number of carbonyl (C=O) groups excluding carboxylic acids is 1. The van der Waals surface area contributed by atoms with Crippen molar-refractivity contribution in [3.05, 3.63) is 45.6 Å². The fraction of sp³-hybridized carbons (Fsp3) is 0.353. The van der Waals surface area contributed by atoms with Gasteiger partial charge in [0.1, 0.15) is 5.75 Å². The lowest BCUT2D eigenvalue weighted by Crippen LogP contribution is -2.17. The van der Waals surface area contributed by atoms with Gasteiger partial charge in [-0.3, -0.25) is 4.79 Å². The van der Waals surface area contributed by atoms with Crippen LogP contribution in [0.2, 0.25) is 0 Å². The Kier molecular flexibility index (Phi) is 4.54. The van der Waals surface area contributed by atoms with E-state index in [0.29, 0.717) is 17.2 Å². The SMILES string of the molecule is C[C@@H]1CCc2c(C(=O)Nc3ccc(OC(F)(F)F)cc3)csc2C1. The van der Waals surface area contributed by atoms with Crippen LogP contribution in [0.3, 0.4) is 0 Å². The number of thiophene rings is 1. The van der Waals surface area contributed by atoms with Crippen molar-refractivity contribution in [1.29, 1.82) is 0 Å². The highest BCUT2D eigenvalue weighted by Gasteiger charge is 2.31. The average molecular weight is 355 g/mol. The Balaban J connectivity index is 1.69. The maximum Gasteiger partial charge on any atom is 0.573 e. The third-order valence-electron chi connectivity index (χ3n) is 3.99. The summed E-state index contributed by atoms with van der Waals surface area (Å²) in [5.41, 5.74) is 2.20. The molecular weight excluding hydrogens is 339 g/mol. The first kappa shape index (κ1) is 16.8. The molecule has 1 aromatic heterocycles. The van der Waals surface area contributed by atoms with Crippen LogP contribution in [0.15, 0.2) is 29.6 Å². The number of halogens is 3. The Bertz CT molecular complexity index is 737. The normalized spacial score (nSPS) is 17.2. The molecule has 0 fully saturated rings. The van der Waals surface area contributed by atoms with Crippen LogP contribution >= 0.6 is 11.3 Å². The molecule has 0 unspecified atom stereocenters. The molecule has 2 aromatic rings. The Morgan fingerprint density at radius 3 is 2.67 bits per heavy atom. The molecule has 0 spiro atoms. The highest BCUT2D eigenvalue weighted by molar-refractivity contribution is 7.10. The van der Waals surface area contributed by atoms with Gasteiger partial charge in [-0.1, -0.05) is 6.92 Å². The van der Waals surface area contributed by atoms with Gasteiger partial charge in [0.25, 0.3) is 5.91 Å². The second-order valence-corrected chi connectivity index (χ2v) is 6.89. The first-order valence-electron chi connectivity index (χ1n) is 7.58. The smallest absolute Gasteiger partial charge is 0.406 e. The minimum absolute atomic E-state index is 0.230. The summed E-state index contributed by atoms with van der Waals surface area (Å²) < 4.78 is 40.2. The van der Waals surface area contributed by atoms with E-state index in [-0.39, 0.29) is 11.7 Å². The molecule has 0 saturated heterocycles. The van der Waals surface area contributed by atoms with Crippen LogP contribution in [0.1, 0.15) is 34.1 Å². The minimum Gasteiger partial charge on any atom is -0.406 e. The number of nitrogens with one attached hydrogen (secondary N) is 1. The topological polar surface area (TPSA) is 38.3 Å². The van der Waals surface area contributed by atoms with E-state index in [1.165, 1.54) is 29.1 Å². The summed E-state index contributed by atoms with van der Waals surface area (Å²) in [5.74, 6) is 0.0854. The summed E-state index contributed by atoms with van der Waals surface area (Å²) in [4.78, 5) is 13.7. The van der Waals surface area contributed by atoms with Crippen molar-refractivity contribution in [3.8, 4) is 5.75 Å². The van der Waals surface area contributed by atoms with Crippen molar-refractivity contribution in [2.75, 3.05) is 5.32 Å². The maximum absolute atomic E-state index is 12.4. The first-order chi connectivity index (χ1) is 11.3. The average Bonchev–Trinajstić information content (AvgIpc) is 2.90. The predicted octanol–water partition coefficient (Wildman–Crippen LogP) is 5.02. The van der Waals surface area contributed by atoms with Crippen molar-refractivity contribution >= 4 is 22.9 Å². The van der Waals surface area contributed by atoms with Gasteiger partial charge in [-0.15, -0.1) is 24.5 Å². The van der Waals surface area contributed by atoms with Gasteiger partial charge in [-0.05, 0) is 55.0 Å². The lowest BCUT2D eigenvalue weighted by Gasteiger charge is -2.18. The lowest BCUT2D eigenvalue weighted by molar-refractivity contribution is -0.274. The van der Waals surface area contributed by atoms with Crippen LogP contribution < -0.4 is 10.1 Å². The van der Waals surface area contributed by atoms with Crippen molar-refractivity contribution in [1.82, 2.24) is 0 Å². The third kappa shape index (κ3) is 3.90. The molecule has 0 saturated carbocycles. The standard InChI is InChI=1S/C17H16F3NO2S/c1-10-2-7-13-14(9-24-15(13)8-10)16(22)21-11-3-5-12(6-4-11)23-17(18,19)20/h3-6,9-10H,2,7-8H2,1H3,(H,21,22)/t10-/m1/s1. The summed E-state index contributed by atoms with van der Waals surface area (Å²) in [7, 11) is 0. The van der Waals surface area contributed by atoms with E-state index in [2.05, 4.69) is 17.0 Å². The molecule has 24 heavy (non-hydrogen) atoms. The molecule has 0 bridgehead atoms. The Hall–Kier alpha value is -2.02. The quantitative estimate of drug-likeness (QED) is 0.839. The fourth-order valence-corrected chi connectivity index (χ4v) is 4.05. The summed E-state index contributed by atoms with van der Waals surface area (Å²) in [6.45, 7) is 2.20. The molecule has 128 valence electrons. The molecule has 3 nitrogen and oxygen atoms in total. The molecule has 7 heteroatoms. The number of hydrogen-bond donors (Lipinski definition) is 1. The fourth-order valence-electron chi connectivity index (χ4n) is 2.81. The molecular formula is C17H16F3NO2S. The van der Waals surface area contributed by atoms with Crippen LogP contribution in [-0.2, 0) is 12.8 Å². The Morgan fingerprint density at radius 1 is 1.29 bits per heavy atom. The second-order valence-electron chi connectivity index (χ2n) is 5.93. The number of anilines is 1. The number of fused-ring (bicyclic) bond motifs is 1. The molecule has 1 aromatic carbocycles. The predicted molar refractivity (Wildman–Crippen MR) is 86.6 cm³/mol. The molecule has 0 aliphatic heterocycles. The van der Waals surface area contributed by atoms with Gasteiger partial charge >= 0.3 is 6.36 Å². The minimum atomic E-state index is -4.72. The molecule has 1 aliphatic rings. The zero-order valence-electron chi connectivity index (χ0n) is 12.9. The Morgan fingerprint density at radius 2 is 2.00 bits per heavy atom. The van der Waals surface area contributed by atoms with E-state index in [4.69, 9.17) is 0 Å². The Labute approximate surface area is 141 Å². The number of benzene rings is 1. The lowest BCUT2D eigenvalue weighted by atomic mass is 9.88. The molecule has 1 N–H and O–H groups in total. The van der Waals surface area contributed by atoms with Crippen LogP contribution in [0.5, 0.6) is 5.75 Å². The van der Waals surface area contributed by atoms with Gasteiger partial charge < -0.3 is 10.1 Å². The first-order valence-corrected chi connectivity index (χ1v) is 8.46. The van der Waals surface area contributed by atoms with Gasteiger partial charge in [-0.2, -0.15) is 0 Å².